The van der Waals surface area contributed by atoms with E-state index in [1.165, 1.54) is 18.9 Å². The molecular formula is C12H14N2O2S. The van der Waals surface area contributed by atoms with Gasteiger partial charge in [-0.15, -0.1) is 0 Å². The Morgan fingerprint density at radius 3 is 2.88 bits per heavy atom. The lowest BCUT2D eigenvalue weighted by atomic mass is 10.2. The third kappa shape index (κ3) is 3.00. The predicted molar refractivity (Wildman–Crippen MR) is 68.8 cm³/mol. The molecule has 1 saturated heterocycles. The lowest BCUT2D eigenvalue weighted by molar-refractivity contribution is -0.124. The van der Waals surface area contributed by atoms with E-state index in [1.54, 1.807) is 4.90 Å². The maximum Gasteiger partial charge on any atom is 0.282 e. The Morgan fingerprint density at radius 2 is 2.18 bits per heavy atom. The standard InChI is InChI=1S/C12H14N2O2S/c1-16-13-11-12(15)14(7-8-17-11)9-10-5-3-2-4-6-10/h2-6H,7-9H2,1H3. The zero-order valence-corrected chi connectivity index (χ0v) is 10.4. The monoisotopic (exact) mass is 250 g/mol. The highest BCUT2D eigenvalue weighted by molar-refractivity contribution is 8.15. The van der Waals surface area contributed by atoms with Gasteiger partial charge in [-0.2, -0.15) is 0 Å². The van der Waals surface area contributed by atoms with Crippen LogP contribution in [0.2, 0.25) is 0 Å². The molecule has 1 heterocycles. The second kappa shape index (κ2) is 5.72. The summed E-state index contributed by atoms with van der Waals surface area (Å²) < 4.78 is 0. The SMILES string of the molecule is CON=C1SCCN(Cc2ccccc2)C1=O. The summed E-state index contributed by atoms with van der Waals surface area (Å²) in [5.74, 6) is 0.813. The summed E-state index contributed by atoms with van der Waals surface area (Å²) >= 11 is 1.44. The molecule has 1 aromatic carbocycles. The third-order valence-corrected chi connectivity index (χ3v) is 3.37. The van der Waals surface area contributed by atoms with Gasteiger partial charge in [0.25, 0.3) is 5.91 Å². The molecule has 1 aliphatic heterocycles. The molecule has 0 radical (unpaired) electrons. The molecule has 0 atom stereocenters. The van der Waals surface area contributed by atoms with Crippen LogP contribution in [0.3, 0.4) is 0 Å². The molecule has 17 heavy (non-hydrogen) atoms. The number of rotatable bonds is 3. The van der Waals surface area contributed by atoms with Gasteiger partial charge in [-0.05, 0) is 5.56 Å². The molecule has 0 N–H and O–H groups in total. The molecule has 90 valence electrons. The van der Waals surface area contributed by atoms with Gasteiger partial charge < -0.3 is 9.74 Å². The number of carbonyl (C=O) groups excluding carboxylic acids is 1. The lowest BCUT2D eigenvalue weighted by Crippen LogP contribution is -2.40. The fraction of sp³-hybridized carbons (Fsp3) is 0.333. The largest absolute Gasteiger partial charge is 0.398 e. The van der Waals surface area contributed by atoms with E-state index in [2.05, 4.69) is 9.99 Å². The Balaban J connectivity index is 2.06. The van der Waals surface area contributed by atoms with E-state index < -0.39 is 0 Å². The van der Waals surface area contributed by atoms with Gasteiger partial charge in [0.15, 0.2) is 0 Å². The van der Waals surface area contributed by atoms with E-state index in [4.69, 9.17) is 0 Å². The van der Waals surface area contributed by atoms with Crippen LogP contribution in [0, 0.1) is 0 Å². The van der Waals surface area contributed by atoms with Crippen molar-refractivity contribution in [1.82, 2.24) is 4.90 Å². The number of thioether (sulfide) groups is 1. The van der Waals surface area contributed by atoms with Crippen molar-refractivity contribution in [2.24, 2.45) is 5.16 Å². The van der Waals surface area contributed by atoms with Crippen molar-refractivity contribution < 1.29 is 9.63 Å². The van der Waals surface area contributed by atoms with Gasteiger partial charge in [0, 0.05) is 18.8 Å². The van der Waals surface area contributed by atoms with Crippen molar-refractivity contribution in [3.8, 4) is 0 Å². The number of hydrogen-bond acceptors (Lipinski definition) is 4. The van der Waals surface area contributed by atoms with E-state index >= 15 is 0 Å². The van der Waals surface area contributed by atoms with Crippen LogP contribution >= 0.6 is 11.8 Å². The summed E-state index contributed by atoms with van der Waals surface area (Å²) in [6, 6.07) is 9.95. The van der Waals surface area contributed by atoms with Crippen LogP contribution in [-0.4, -0.2) is 35.3 Å². The summed E-state index contributed by atoms with van der Waals surface area (Å²) in [5, 5.41) is 4.18. The Morgan fingerprint density at radius 1 is 1.41 bits per heavy atom. The second-order valence-corrected chi connectivity index (χ2v) is 4.72. The molecule has 0 spiro atoms. The minimum atomic E-state index is -0.0491. The van der Waals surface area contributed by atoms with Gasteiger partial charge in [-0.1, -0.05) is 47.2 Å². The Kier molecular flexibility index (Phi) is 4.03. The number of benzene rings is 1. The van der Waals surface area contributed by atoms with E-state index in [1.807, 2.05) is 30.3 Å². The van der Waals surface area contributed by atoms with Gasteiger partial charge >= 0.3 is 0 Å². The average Bonchev–Trinajstić information content (AvgIpc) is 2.36. The molecule has 1 aromatic rings. The number of nitrogens with zero attached hydrogens (tertiary/aromatic N) is 2. The molecule has 2 rings (SSSR count). The molecule has 0 bridgehead atoms. The molecular weight excluding hydrogens is 236 g/mol. The van der Waals surface area contributed by atoms with Gasteiger partial charge in [-0.25, -0.2) is 0 Å². The number of carbonyl (C=O) groups is 1. The Labute approximate surface area is 105 Å². The van der Waals surface area contributed by atoms with Gasteiger partial charge in [0.05, 0.1) is 0 Å². The van der Waals surface area contributed by atoms with Crippen molar-refractivity contribution in [3.05, 3.63) is 35.9 Å². The van der Waals surface area contributed by atoms with Gasteiger partial charge in [0.2, 0.25) is 5.04 Å². The maximum absolute atomic E-state index is 12.0. The van der Waals surface area contributed by atoms with Crippen molar-refractivity contribution in [1.29, 1.82) is 0 Å². The summed E-state index contributed by atoms with van der Waals surface area (Å²) in [4.78, 5) is 18.5. The van der Waals surface area contributed by atoms with Crippen LogP contribution in [0.4, 0.5) is 0 Å². The minimum absolute atomic E-state index is 0.0491. The van der Waals surface area contributed by atoms with E-state index in [-0.39, 0.29) is 5.91 Å². The van der Waals surface area contributed by atoms with E-state index in [0.29, 0.717) is 11.6 Å². The van der Waals surface area contributed by atoms with Crippen molar-refractivity contribution >= 4 is 22.7 Å². The molecule has 0 aliphatic carbocycles. The van der Waals surface area contributed by atoms with Crippen molar-refractivity contribution in [3.63, 3.8) is 0 Å². The van der Waals surface area contributed by atoms with Crippen LogP contribution in [0.25, 0.3) is 0 Å². The smallest absolute Gasteiger partial charge is 0.282 e. The quantitative estimate of drug-likeness (QED) is 0.767. The topological polar surface area (TPSA) is 41.9 Å². The summed E-state index contributed by atoms with van der Waals surface area (Å²) in [5.41, 5.74) is 1.13. The first-order valence-corrected chi connectivity index (χ1v) is 6.37. The Hall–Kier alpha value is -1.49. The number of oxime groups is 1. The van der Waals surface area contributed by atoms with Crippen LogP contribution in [0.15, 0.2) is 35.5 Å². The highest BCUT2D eigenvalue weighted by Crippen LogP contribution is 2.17. The van der Waals surface area contributed by atoms with Crippen LogP contribution in [0.5, 0.6) is 0 Å². The first kappa shape index (κ1) is 12.0. The van der Waals surface area contributed by atoms with E-state index in [0.717, 1.165) is 17.9 Å². The summed E-state index contributed by atoms with van der Waals surface area (Å²) in [7, 11) is 1.46. The summed E-state index contributed by atoms with van der Waals surface area (Å²) in [6.07, 6.45) is 0. The molecule has 0 saturated carbocycles. The fourth-order valence-electron chi connectivity index (χ4n) is 1.65. The molecule has 4 nitrogen and oxygen atoms in total. The zero-order chi connectivity index (χ0) is 12.1. The van der Waals surface area contributed by atoms with Gasteiger partial charge in [0.1, 0.15) is 7.11 Å². The average molecular weight is 250 g/mol. The highest BCUT2D eigenvalue weighted by Gasteiger charge is 2.25. The molecule has 1 aliphatic rings. The van der Waals surface area contributed by atoms with Crippen LogP contribution in [0.1, 0.15) is 5.56 Å². The van der Waals surface area contributed by atoms with Crippen LogP contribution in [-0.2, 0) is 16.2 Å². The van der Waals surface area contributed by atoms with Crippen molar-refractivity contribution in [2.45, 2.75) is 6.54 Å². The van der Waals surface area contributed by atoms with Crippen LogP contribution < -0.4 is 0 Å². The first-order valence-electron chi connectivity index (χ1n) is 5.38. The number of hydrogen-bond donors (Lipinski definition) is 0. The van der Waals surface area contributed by atoms with E-state index in [9.17, 15) is 4.79 Å². The fourth-order valence-corrected chi connectivity index (χ4v) is 2.54. The Bertz CT molecular complexity index is 420. The summed E-state index contributed by atoms with van der Waals surface area (Å²) in [6.45, 7) is 1.38. The minimum Gasteiger partial charge on any atom is -0.398 e. The zero-order valence-electron chi connectivity index (χ0n) is 9.63. The molecule has 0 unspecified atom stereocenters. The first-order chi connectivity index (χ1) is 8.31. The van der Waals surface area contributed by atoms with Gasteiger partial charge in [-0.3, -0.25) is 4.79 Å². The second-order valence-electron chi connectivity index (χ2n) is 3.64. The molecule has 1 amide bonds. The normalized spacial score (nSPS) is 18.5. The maximum atomic E-state index is 12.0. The third-order valence-electron chi connectivity index (χ3n) is 2.46. The molecule has 1 fully saturated rings. The predicted octanol–water partition coefficient (Wildman–Crippen LogP) is 1.72. The molecule has 5 heteroatoms. The molecule has 0 aromatic heterocycles. The number of amides is 1. The lowest BCUT2D eigenvalue weighted by Gasteiger charge is -2.26. The highest BCUT2D eigenvalue weighted by atomic mass is 32.2. The van der Waals surface area contributed by atoms with Crippen molar-refractivity contribution in [2.75, 3.05) is 19.4 Å².